The molecule has 5 aliphatic rings. The van der Waals surface area contributed by atoms with Gasteiger partial charge >= 0.3 is 0 Å². The maximum Gasteiger partial charge on any atom is 0.251 e. The van der Waals surface area contributed by atoms with Crippen LogP contribution in [0.25, 0.3) is 11.1 Å². The molecule has 2 amide bonds. The van der Waals surface area contributed by atoms with Gasteiger partial charge in [0.25, 0.3) is 5.91 Å². The van der Waals surface area contributed by atoms with E-state index in [2.05, 4.69) is 81.7 Å². The van der Waals surface area contributed by atoms with Gasteiger partial charge in [0.2, 0.25) is 6.41 Å². The van der Waals surface area contributed by atoms with Crippen LogP contribution in [0.1, 0.15) is 148 Å². The Bertz CT molecular complexity index is 1460. The van der Waals surface area contributed by atoms with E-state index >= 15 is 0 Å². The van der Waals surface area contributed by atoms with Crippen LogP contribution in [0.3, 0.4) is 0 Å². The average molecular weight is 697 g/mol. The maximum atomic E-state index is 12.5. The fraction of sp³-hybridized carbons (Fsp3) is 0.660. The lowest BCUT2D eigenvalue weighted by Crippen LogP contribution is -2.61. The second-order valence-electron chi connectivity index (χ2n) is 17.6. The molecule has 51 heavy (non-hydrogen) atoms. The van der Waals surface area contributed by atoms with Crippen molar-refractivity contribution in [2.24, 2.45) is 57.0 Å². The van der Waals surface area contributed by atoms with Gasteiger partial charge < -0.3 is 11.1 Å². The van der Waals surface area contributed by atoms with Crippen molar-refractivity contribution in [1.29, 1.82) is 0 Å². The molecule has 2 aromatic carbocycles. The zero-order valence-electron chi connectivity index (χ0n) is 33.7. The van der Waals surface area contributed by atoms with Crippen LogP contribution in [0.2, 0.25) is 0 Å². The molecule has 7 rings (SSSR count). The molecule has 5 aliphatic carbocycles. The predicted octanol–water partition coefficient (Wildman–Crippen LogP) is 11.8. The van der Waals surface area contributed by atoms with E-state index in [9.17, 15) is 4.79 Å². The lowest BCUT2D eigenvalue weighted by molar-refractivity contribution is -0.195. The Balaban J connectivity index is 0.000000673. The Morgan fingerprint density at radius 1 is 0.824 bits per heavy atom. The highest BCUT2D eigenvalue weighted by atomic mass is 16.1. The molecule has 4 heteroatoms. The molecule has 3 N–H and O–H groups in total. The molecule has 5 saturated carbocycles. The lowest BCUT2D eigenvalue weighted by Gasteiger charge is -2.68. The Morgan fingerprint density at radius 2 is 1.49 bits per heavy atom. The van der Waals surface area contributed by atoms with Crippen molar-refractivity contribution in [2.75, 3.05) is 6.54 Å². The summed E-state index contributed by atoms with van der Waals surface area (Å²) in [6.07, 6.45) is 20.8. The Morgan fingerprint density at radius 3 is 2.18 bits per heavy atom. The molecule has 2 aromatic rings. The van der Waals surface area contributed by atoms with Gasteiger partial charge in [0.1, 0.15) is 0 Å². The van der Waals surface area contributed by atoms with E-state index in [4.69, 9.17) is 4.79 Å². The van der Waals surface area contributed by atoms with E-state index in [1.807, 2.05) is 39.8 Å². The summed E-state index contributed by atoms with van der Waals surface area (Å²) in [5, 5.41) is 2.95. The van der Waals surface area contributed by atoms with Crippen molar-refractivity contribution in [2.45, 2.75) is 139 Å². The summed E-state index contributed by atoms with van der Waals surface area (Å²) in [7, 11) is 0. The van der Waals surface area contributed by atoms with Gasteiger partial charge in [-0.2, -0.15) is 0 Å². The standard InChI is InChI=1S/C41H57NO.C3H6.C2H6.CH3NO/c1-6-42-37(43)31-14-8-13-30(26-31)29-12-7-11-28(25-29)27-41-22-9-15-34(41)32-16-17-36-39(4,33(32)18-24-41)23-19-35-38(2,3)20-10-21-40(35,36)5;1-3-2;1-2;2-1-3/h7-8,11-14,25-26,32-36H,6,9-10,15-24,27H2,1-5H3,(H,42,43);3H,1H2,2H3;1-2H3;1H,(H2,2,3). The van der Waals surface area contributed by atoms with Gasteiger partial charge in [0.05, 0.1) is 0 Å². The van der Waals surface area contributed by atoms with Crippen molar-refractivity contribution < 1.29 is 9.59 Å². The molecule has 282 valence electrons. The third-order valence-corrected chi connectivity index (χ3v) is 14.7. The van der Waals surface area contributed by atoms with Crippen molar-refractivity contribution >= 4 is 12.3 Å². The van der Waals surface area contributed by atoms with Gasteiger partial charge in [-0.15, -0.1) is 6.58 Å². The van der Waals surface area contributed by atoms with Gasteiger partial charge in [-0.25, -0.2) is 0 Å². The van der Waals surface area contributed by atoms with Gasteiger partial charge in [-0.05, 0) is 165 Å². The zero-order valence-corrected chi connectivity index (χ0v) is 33.7. The normalized spacial score (nSPS) is 34.0. The summed E-state index contributed by atoms with van der Waals surface area (Å²) in [5.74, 6) is 4.65. The Labute approximate surface area is 312 Å². The maximum absolute atomic E-state index is 12.5. The van der Waals surface area contributed by atoms with Crippen molar-refractivity contribution in [3.63, 3.8) is 0 Å². The number of fused-ring (bicyclic) bond motifs is 7. The minimum atomic E-state index is 0.0167. The number of carbonyl (C=O) groups excluding carboxylic acids is 2. The number of nitrogens with one attached hydrogen (secondary N) is 1. The van der Waals surface area contributed by atoms with E-state index < -0.39 is 0 Å². The minimum absolute atomic E-state index is 0.0167. The highest BCUT2D eigenvalue weighted by Crippen LogP contribution is 2.73. The summed E-state index contributed by atoms with van der Waals surface area (Å²) < 4.78 is 0. The van der Waals surface area contributed by atoms with Crippen molar-refractivity contribution in [3.05, 3.63) is 72.3 Å². The number of hydrogen-bond donors (Lipinski definition) is 2. The Hall–Kier alpha value is -2.88. The lowest BCUT2D eigenvalue weighted by atomic mass is 9.36. The summed E-state index contributed by atoms with van der Waals surface area (Å²) in [4.78, 5) is 21.1. The summed E-state index contributed by atoms with van der Waals surface area (Å²) >= 11 is 0. The number of rotatable bonds is 5. The molecule has 0 heterocycles. The number of primary amides is 1. The van der Waals surface area contributed by atoms with E-state index in [1.54, 1.807) is 6.08 Å². The van der Waals surface area contributed by atoms with Crippen LogP contribution < -0.4 is 11.1 Å². The summed E-state index contributed by atoms with van der Waals surface area (Å²) in [5.41, 5.74) is 10.9. The number of benzene rings is 2. The van der Waals surface area contributed by atoms with Crippen LogP contribution in [0.4, 0.5) is 0 Å². The van der Waals surface area contributed by atoms with Gasteiger partial charge in [0.15, 0.2) is 0 Å². The number of amides is 2. The van der Waals surface area contributed by atoms with Crippen LogP contribution in [0.5, 0.6) is 0 Å². The number of allylic oxidation sites excluding steroid dienone is 1. The number of nitrogens with two attached hydrogens (primary N) is 1. The smallest absolute Gasteiger partial charge is 0.251 e. The molecular formula is C47H72N2O2. The first kappa shape index (κ1) is 40.9. The quantitative estimate of drug-likeness (QED) is 0.241. The largest absolute Gasteiger partial charge is 0.372 e. The fourth-order valence-electron chi connectivity index (χ4n) is 13.1. The summed E-state index contributed by atoms with van der Waals surface area (Å²) in [6, 6.07) is 17.5. The Kier molecular flexibility index (Phi) is 13.9. The third-order valence-electron chi connectivity index (χ3n) is 14.7. The fourth-order valence-corrected chi connectivity index (χ4v) is 13.1. The molecule has 0 aliphatic heterocycles. The summed E-state index contributed by atoms with van der Waals surface area (Å²) in [6.45, 7) is 22.6. The van der Waals surface area contributed by atoms with Gasteiger partial charge in [-0.1, -0.05) is 96.9 Å². The van der Waals surface area contributed by atoms with Crippen LogP contribution in [0.15, 0.2) is 61.2 Å². The molecule has 4 nitrogen and oxygen atoms in total. The zero-order chi connectivity index (χ0) is 37.5. The van der Waals surface area contributed by atoms with Crippen LogP contribution in [0, 0.1) is 51.2 Å². The first-order valence-electron chi connectivity index (χ1n) is 20.6. The van der Waals surface area contributed by atoms with Gasteiger partial charge in [0, 0.05) is 12.1 Å². The van der Waals surface area contributed by atoms with E-state index in [0.717, 1.165) is 40.7 Å². The molecule has 0 bridgehead atoms. The molecule has 8 unspecified atom stereocenters. The molecule has 0 radical (unpaired) electrons. The number of hydrogen-bond acceptors (Lipinski definition) is 2. The van der Waals surface area contributed by atoms with Crippen LogP contribution in [-0.4, -0.2) is 18.9 Å². The van der Waals surface area contributed by atoms with Crippen molar-refractivity contribution in [1.82, 2.24) is 5.32 Å². The van der Waals surface area contributed by atoms with E-state index in [1.165, 1.54) is 94.6 Å². The minimum Gasteiger partial charge on any atom is -0.372 e. The second-order valence-corrected chi connectivity index (χ2v) is 17.6. The molecular weight excluding hydrogens is 625 g/mol. The molecule has 0 saturated heterocycles. The van der Waals surface area contributed by atoms with E-state index in [0.29, 0.717) is 28.2 Å². The molecule has 5 fully saturated rings. The van der Waals surface area contributed by atoms with Crippen LogP contribution >= 0.6 is 0 Å². The monoisotopic (exact) mass is 697 g/mol. The topological polar surface area (TPSA) is 72.2 Å². The number of carbonyl (C=O) groups is 2. The van der Waals surface area contributed by atoms with Gasteiger partial charge in [-0.3, -0.25) is 9.59 Å². The highest BCUT2D eigenvalue weighted by Gasteiger charge is 2.65. The van der Waals surface area contributed by atoms with E-state index in [-0.39, 0.29) is 12.3 Å². The molecule has 0 spiro atoms. The highest BCUT2D eigenvalue weighted by molar-refractivity contribution is 5.95. The van der Waals surface area contributed by atoms with Crippen molar-refractivity contribution in [3.8, 4) is 11.1 Å². The molecule has 8 atom stereocenters. The second kappa shape index (κ2) is 17.3. The third kappa shape index (κ3) is 8.06. The van der Waals surface area contributed by atoms with Crippen LogP contribution in [-0.2, 0) is 11.2 Å². The SMILES string of the molecule is C=CC.CC.CCNC(=O)c1cccc(-c2cccc(CC34CCCC3C3CCC5C(C)(CCC6C(C)(C)CCCC65C)C3CC4)c2)c1.NC=O. The first-order chi connectivity index (χ1) is 24.4. The molecule has 0 aromatic heterocycles. The first-order valence-corrected chi connectivity index (χ1v) is 20.6. The predicted molar refractivity (Wildman–Crippen MR) is 216 cm³/mol. The average Bonchev–Trinajstić information content (AvgIpc) is 3.53.